The Kier molecular flexibility index (Phi) is 5.09. The van der Waals surface area contributed by atoms with Crippen LogP contribution in [0.3, 0.4) is 0 Å². The number of rotatable bonds is 2. The molecule has 5 nitrogen and oxygen atoms in total. The Hall–Kier alpha value is -1.73. The maximum Gasteiger partial charge on any atom is 0.286 e. The highest BCUT2D eigenvalue weighted by atomic mass is 35.5. The fourth-order valence-corrected chi connectivity index (χ4v) is 3.90. The summed E-state index contributed by atoms with van der Waals surface area (Å²) in [7, 11) is 0. The van der Waals surface area contributed by atoms with E-state index in [9.17, 15) is 4.79 Å². The number of amidine groups is 1. The van der Waals surface area contributed by atoms with Crippen LogP contribution >= 0.6 is 35.0 Å². The Bertz CT molecular complexity index is 917. The molecule has 0 N–H and O–H groups in total. The lowest BCUT2D eigenvalue weighted by Crippen LogP contribution is -2.38. The summed E-state index contributed by atoms with van der Waals surface area (Å²) in [5.41, 5.74) is 0.819. The lowest BCUT2D eigenvalue weighted by Gasteiger charge is -2.27. The molecule has 3 heterocycles. The van der Waals surface area contributed by atoms with E-state index in [1.54, 1.807) is 18.2 Å². The van der Waals surface area contributed by atoms with E-state index in [-0.39, 0.29) is 5.91 Å². The van der Waals surface area contributed by atoms with Gasteiger partial charge in [-0.15, -0.1) is 0 Å². The molecule has 0 atom stereocenters. The molecule has 1 amide bonds. The second kappa shape index (κ2) is 7.48. The lowest BCUT2D eigenvalue weighted by molar-refractivity contribution is -0.113. The van der Waals surface area contributed by atoms with Gasteiger partial charge in [-0.05, 0) is 42.1 Å². The van der Waals surface area contributed by atoms with Crippen LogP contribution in [0, 0.1) is 0 Å². The first-order valence-electron chi connectivity index (χ1n) is 8.01. The number of carbonyl (C=O) groups is 1. The first kappa shape index (κ1) is 17.7. The number of amides is 1. The highest BCUT2D eigenvalue weighted by Gasteiger charge is 2.27. The van der Waals surface area contributed by atoms with Gasteiger partial charge in [-0.2, -0.15) is 4.99 Å². The Labute approximate surface area is 164 Å². The van der Waals surface area contributed by atoms with Crippen LogP contribution in [0.1, 0.15) is 5.76 Å². The van der Waals surface area contributed by atoms with Gasteiger partial charge in [-0.3, -0.25) is 4.79 Å². The van der Waals surface area contributed by atoms with E-state index in [2.05, 4.69) is 9.89 Å². The lowest BCUT2D eigenvalue weighted by atomic mass is 10.2. The molecule has 0 saturated carbocycles. The zero-order valence-corrected chi connectivity index (χ0v) is 15.9. The van der Waals surface area contributed by atoms with Crippen LogP contribution in [-0.4, -0.2) is 42.3 Å². The van der Waals surface area contributed by atoms with Crippen LogP contribution in [0.4, 0.5) is 0 Å². The van der Waals surface area contributed by atoms with Crippen molar-refractivity contribution < 1.29 is 13.9 Å². The largest absolute Gasteiger partial charge is 0.457 e. The molecule has 0 unspecified atom stereocenters. The number of benzene rings is 1. The molecular weight excluding hydrogens is 395 g/mol. The number of morpholine rings is 1. The predicted octanol–water partition coefficient (Wildman–Crippen LogP) is 4.56. The summed E-state index contributed by atoms with van der Waals surface area (Å²) in [4.78, 5) is 18.9. The summed E-state index contributed by atoms with van der Waals surface area (Å²) < 4.78 is 11.2. The molecule has 0 aliphatic carbocycles. The minimum atomic E-state index is -0.246. The average molecular weight is 409 g/mol. The van der Waals surface area contributed by atoms with Gasteiger partial charge in [0, 0.05) is 24.7 Å². The number of hydrogen-bond acceptors (Lipinski definition) is 5. The molecule has 1 saturated heterocycles. The molecule has 134 valence electrons. The molecule has 8 heteroatoms. The van der Waals surface area contributed by atoms with E-state index in [4.69, 9.17) is 32.4 Å². The zero-order chi connectivity index (χ0) is 18.1. The van der Waals surface area contributed by atoms with E-state index < -0.39 is 0 Å². The van der Waals surface area contributed by atoms with Crippen LogP contribution < -0.4 is 0 Å². The monoisotopic (exact) mass is 408 g/mol. The van der Waals surface area contributed by atoms with Crippen molar-refractivity contribution >= 4 is 52.1 Å². The van der Waals surface area contributed by atoms with Crippen molar-refractivity contribution in [3.8, 4) is 11.3 Å². The third kappa shape index (κ3) is 3.69. The van der Waals surface area contributed by atoms with Crippen molar-refractivity contribution in [2.45, 2.75) is 0 Å². The van der Waals surface area contributed by atoms with E-state index in [1.165, 1.54) is 11.8 Å². The van der Waals surface area contributed by atoms with Gasteiger partial charge in [0.1, 0.15) is 11.5 Å². The van der Waals surface area contributed by atoms with Gasteiger partial charge in [0.2, 0.25) is 0 Å². The van der Waals surface area contributed by atoms with Crippen LogP contribution in [0.15, 0.2) is 44.6 Å². The number of aliphatic imine (C=N–C) groups is 1. The standard InChI is InChI=1S/C18H14Cl2N2O3S/c19-13-3-1-11(9-14(13)20)15-4-2-12(25-15)10-16-17(23)21-18(26-16)22-5-7-24-8-6-22/h1-4,9-10H,5-8H2/b16-10-. The molecule has 26 heavy (non-hydrogen) atoms. The number of halogens is 2. The van der Waals surface area contributed by atoms with Crippen molar-refractivity contribution in [2.75, 3.05) is 26.3 Å². The second-order valence-corrected chi connectivity index (χ2v) is 7.56. The number of hydrogen-bond donors (Lipinski definition) is 0. The number of thioether (sulfide) groups is 1. The Balaban J connectivity index is 1.51. The van der Waals surface area contributed by atoms with Crippen LogP contribution in [0.25, 0.3) is 17.4 Å². The van der Waals surface area contributed by atoms with Crippen LogP contribution in [-0.2, 0) is 9.53 Å². The van der Waals surface area contributed by atoms with E-state index in [0.29, 0.717) is 39.7 Å². The average Bonchev–Trinajstić information content (AvgIpc) is 3.26. The minimum Gasteiger partial charge on any atom is -0.457 e. The van der Waals surface area contributed by atoms with Crippen molar-refractivity contribution in [3.63, 3.8) is 0 Å². The molecule has 4 rings (SSSR count). The first-order chi connectivity index (χ1) is 12.6. The number of furan rings is 1. The Morgan fingerprint density at radius 1 is 1.12 bits per heavy atom. The first-order valence-corrected chi connectivity index (χ1v) is 9.58. The third-order valence-corrected chi connectivity index (χ3v) is 5.78. The highest BCUT2D eigenvalue weighted by Crippen LogP contribution is 2.33. The molecule has 1 aromatic carbocycles. The predicted molar refractivity (Wildman–Crippen MR) is 105 cm³/mol. The molecule has 0 bridgehead atoms. The topological polar surface area (TPSA) is 55.0 Å². The van der Waals surface area contributed by atoms with Gasteiger partial charge in [-0.25, -0.2) is 0 Å². The summed E-state index contributed by atoms with van der Waals surface area (Å²) in [6.45, 7) is 2.79. The molecular formula is C18H14Cl2N2O3S. The SMILES string of the molecule is O=C1N=C(N2CCOCC2)S/C1=C\c1ccc(-c2ccc(Cl)c(Cl)c2)o1. The molecule has 0 radical (unpaired) electrons. The highest BCUT2D eigenvalue weighted by molar-refractivity contribution is 8.18. The summed E-state index contributed by atoms with van der Waals surface area (Å²) in [6, 6.07) is 8.94. The van der Waals surface area contributed by atoms with Crippen LogP contribution in [0.5, 0.6) is 0 Å². The summed E-state index contributed by atoms with van der Waals surface area (Å²) in [5, 5.41) is 1.68. The smallest absolute Gasteiger partial charge is 0.286 e. The van der Waals surface area contributed by atoms with Crippen molar-refractivity contribution in [1.29, 1.82) is 0 Å². The molecule has 0 spiro atoms. The molecule has 2 aliphatic heterocycles. The van der Waals surface area contributed by atoms with Gasteiger partial charge in [0.15, 0.2) is 5.17 Å². The fourth-order valence-electron chi connectivity index (χ4n) is 2.65. The second-order valence-electron chi connectivity index (χ2n) is 5.74. The summed E-state index contributed by atoms with van der Waals surface area (Å²) in [6.07, 6.45) is 1.71. The van der Waals surface area contributed by atoms with E-state index in [1.807, 2.05) is 18.2 Å². The molecule has 2 aliphatic rings. The van der Waals surface area contributed by atoms with Gasteiger partial charge in [0.25, 0.3) is 5.91 Å². The van der Waals surface area contributed by atoms with Gasteiger partial charge >= 0.3 is 0 Å². The molecule has 1 aromatic heterocycles. The van der Waals surface area contributed by atoms with Gasteiger partial charge in [0.05, 0.1) is 28.2 Å². The van der Waals surface area contributed by atoms with E-state index >= 15 is 0 Å². The summed E-state index contributed by atoms with van der Waals surface area (Å²) >= 11 is 13.4. The third-order valence-electron chi connectivity index (χ3n) is 4.00. The number of ether oxygens (including phenoxy) is 1. The van der Waals surface area contributed by atoms with Crippen LogP contribution in [0.2, 0.25) is 10.0 Å². The number of carbonyl (C=O) groups excluding carboxylic acids is 1. The normalized spacial score (nSPS) is 19.3. The maximum atomic E-state index is 12.2. The Morgan fingerprint density at radius 3 is 2.69 bits per heavy atom. The van der Waals surface area contributed by atoms with Crippen molar-refractivity contribution in [3.05, 3.63) is 51.0 Å². The zero-order valence-electron chi connectivity index (χ0n) is 13.6. The number of nitrogens with zero attached hydrogens (tertiary/aromatic N) is 2. The van der Waals surface area contributed by atoms with Crippen molar-refractivity contribution in [1.82, 2.24) is 4.90 Å². The summed E-state index contributed by atoms with van der Waals surface area (Å²) in [5.74, 6) is 0.990. The Morgan fingerprint density at radius 2 is 1.92 bits per heavy atom. The van der Waals surface area contributed by atoms with Gasteiger partial charge < -0.3 is 14.1 Å². The minimum absolute atomic E-state index is 0.246. The maximum absolute atomic E-state index is 12.2. The van der Waals surface area contributed by atoms with Crippen molar-refractivity contribution in [2.24, 2.45) is 4.99 Å². The van der Waals surface area contributed by atoms with Gasteiger partial charge in [-0.1, -0.05) is 23.2 Å². The quantitative estimate of drug-likeness (QED) is 0.681. The molecule has 2 aromatic rings. The fraction of sp³-hybridized carbons (Fsp3) is 0.222. The molecule has 1 fully saturated rings. The van der Waals surface area contributed by atoms with E-state index in [0.717, 1.165) is 23.8 Å².